The highest BCUT2D eigenvalue weighted by Crippen LogP contribution is 2.20. The lowest BCUT2D eigenvalue weighted by molar-refractivity contribution is -0.147. The van der Waals surface area contributed by atoms with E-state index >= 15 is 0 Å². The van der Waals surface area contributed by atoms with Gasteiger partial charge in [0.2, 0.25) is 0 Å². The Morgan fingerprint density at radius 3 is 2.60 bits per heavy atom. The van der Waals surface area contributed by atoms with E-state index in [4.69, 9.17) is 14.2 Å². The smallest absolute Gasteiger partial charge is 0.257 e. The number of carbonyl (C=O) groups excluding carboxylic acids is 1. The van der Waals surface area contributed by atoms with Gasteiger partial charge in [0.1, 0.15) is 18.5 Å². The second-order valence-corrected chi connectivity index (χ2v) is 4.62. The van der Waals surface area contributed by atoms with Crippen molar-refractivity contribution in [2.24, 2.45) is 0 Å². The molecule has 0 unspecified atom stereocenters. The topological polar surface area (TPSA) is 73.8 Å². The molecule has 1 saturated heterocycles. The molecule has 110 valence electrons. The zero-order valence-electron chi connectivity index (χ0n) is 11.9. The summed E-state index contributed by atoms with van der Waals surface area (Å²) in [6.07, 6.45) is 3.95. The molecular formula is C13H19N3O4. The number of rotatable bonds is 4. The Morgan fingerprint density at radius 1 is 1.30 bits per heavy atom. The van der Waals surface area contributed by atoms with Crippen molar-refractivity contribution in [1.29, 1.82) is 0 Å². The van der Waals surface area contributed by atoms with Crippen LogP contribution in [0.3, 0.4) is 0 Å². The highest BCUT2D eigenvalue weighted by Gasteiger charge is 2.38. The zero-order valence-corrected chi connectivity index (χ0v) is 11.9. The van der Waals surface area contributed by atoms with Crippen molar-refractivity contribution < 1.29 is 19.0 Å². The lowest BCUT2D eigenvalue weighted by atomic mass is 10.0. The van der Waals surface area contributed by atoms with E-state index in [0.29, 0.717) is 18.8 Å². The first-order chi connectivity index (χ1) is 9.69. The van der Waals surface area contributed by atoms with Gasteiger partial charge in [0.05, 0.1) is 24.8 Å². The first-order valence-corrected chi connectivity index (χ1v) is 6.34. The number of amides is 1. The molecule has 20 heavy (non-hydrogen) atoms. The first kappa shape index (κ1) is 14.8. The number of nitrogens with zero attached hydrogens (tertiary/aromatic N) is 3. The molecule has 2 heterocycles. The average Bonchev–Trinajstić information content (AvgIpc) is 2.53. The molecule has 0 N–H and O–H groups in total. The maximum absolute atomic E-state index is 12.4. The summed E-state index contributed by atoms with van der Waals surface area (Å²) in [7, 11) is 4.93. The van der Waals surface area contributed by atoms with Crippen molar-refractivity contribution in [3.63, 3.8) is 0 Å². The summed E-state index contributed by atoms with van der Waals surface area (Å²) in [5, 5.41) is 0. The predicted molar refractivity (Wildman–Crippen MR) is 70.3 cm³/mol. The van der Waals surface area contributed by atoms with Crippen molar-refractivity contribution in [2.75, 3.05) is 34.5 Å². The summed E-state index contributed by atoms with van der Waals surface area (Å²) < 4.78 is 16.3. The fraction of sp³-hybridized carbons (Fsp3) is 0.615. The molecule has 1 aromatic rings. The van der Waals surface area contributed by atoms with Gasteiger partial charge in [-0.1, -0.05) is 0 Å². The third-order valence-electron chi connectivity index (χ3n) is 3.52. The molecule has 1 fully saturated rings. The summed E-state index contributed by atoms with van der Waals surface area (Å²) in [5.74, 6) is -0.169. The quantitative estimate of drug-likeness (QED) is 0.772. The molecule has 1 amide bonds. The van der Waals surface area contributed by atoms with Crippen LogP contribution in [0.25, 0.3) is 0 Å². The number of aromatic nitrogens is 2. The molecular weight excluding hydrogens is 262 g/mol. The van der Waals surface area contributed by atoms with E-state index in [0.717, 1.165) is 0 Å². The normalized spacial score (nSPS) is 26.2. The van der Waals surface area contributed by atoms with E-state index < -0.39 is 0 Å². The van der Waals surface area contributed by atoms with Crippen LogP contribution in [-0.2, 0) is 14.2 Å². The molecule has 0 bridgehead atoms. The Bertz CT molecular complexity index is 443. The van der Waals surface area contributed by atoms with Gasteiger partial charge in [0, 0.05) is 33.7 Å². The largest absolute Gasteiger partial charge is 0.376 e. The van der Waals surface area contributed by atoms with Crippen molar-refractivity contribution in [2.45, 2.75) is 18.2 Å². The molecule has 2 rings (SSSR count). The van der Waals surface area contributed by atoms with E-state index in [9.17, 15) is 4.79 Å². The summed E-state index contributed by atoms with van der Waals surface area (Å²) in [6.45, 7) is 0.871. The van der Waals surface area contributed by atoms with Gasteiger partial charge < -0.3 is 19.1 Å². The van der Waals surface area contributed by atoms with Crippen molar-refractivity contribution in [3.8, 4) is 0 Å². The van der Waals surface area contributed by atoms with Crippen LogP contribution in [0.1, 0.15) is 10.4 Å². The predicted octanol–water partition coefficient (Wildman–Crippen LogP) is -0.0226. The minimum atomic E-state index is -0.229. The molecule has 1 aliphatic heterocycles. The Labute approximate surface area is 117 Å². The number of ether oxygens (including phenoxy) is 3. The first-order valence-electron chi connectivity index (χ1n) is 6.34. The fourth-order valence-electron chi connectivity index (χ4n) is 2.35. The molecule has 7 heteroatoms. The van der Waals surface area contributed by atoms with E-state index in [-0.39, 0.29) is 24.2 Å². The second-order valence-electron chi connectivity index (χ2n) is 4.62. The van der Waals surface area contributed by atoms with E-state index in [1.54, 1.807) is 26.2 Å². The number of methoxy groups -OCH3 is 2. The number of carbonyl (C=O) groups is 1. The van der Waals surface area contributed by atoms with Crippen LogP contribution in [0.2, 0.25) is 0 Å². The molecule has 0 saturated carbocycles. The van der Waals surface area contributed by atoms with Gasteiger partial charge in [-0.15, -0.1) is 0 Å². The molecule has 1 aromatic heterocycles. The SMILES string of the molecule is CO[C@H]1[C@H](N(C)C(=O)c2cncnc2)COC[C@H]1OC. The minimum absolute atomic E-state index is 0.169. The fourth-order valence-corrected chi connectivity index (χ4v) is 2.35. The summed E-state index contributed by atoms with van der Waals surface area (Å²) in [5.41, 5.74) is 0.435. The zero-order chi connectivity index (χ0) is 14.5. The Balaban J connectivity index is 2.14. The third-order valence-corrected chi connectivity index (χ3v) is 3.52. The lowest BCUT2D eigenvalue weighted by Gasteiger charge is -2.40. The molecule has 7 nitrogen and oxygen atoms in total. The van der Waals surface area contributed by atoms with Crippen LogP contribution in [0.4, 0.5) is 0 Å². The monoisotopic (exact) mass is 281 g/mol. The maximum Gasteiger partial charge on any atom is 0.257 e. The molecule has 0 aromatic carbocycles. The van der Waals surface area contributed by atoms with Crippen molar-refractivity contribution >= 4 is 5.91 Å². The second kappa shape index (κ2) is 6.74. The van der Waals surface area contributed by atoms with Crippen LogP contribution in [0.15, 0.2) is 18.7 Å². The van der Waals surface area contributed by atoms with Gasteiger partial charge in [-0.3, -0.25) is 4.79 Å². The molecule has 0 spiro atoms. The molecule has 1 aliphatic rings. The molecule has 3 atom stereocenters. The van der Waals surface area contributed by atoms with E-state index in [2.05, 4.69) is 9.97 Å². The highest BCUT2D eigenvalue weighted by atomic mass is 16.6. The lowest BCUT2D eigenvalue weighted by Crippen LogP contribution is -2.57. The summed E-state index contributed by atoms with van der Waals surface area (Å²) in [4.78, 5) is 21.7. The van der Waals surface area contributed by atoms with Crippen LogP contribution < -0.4 is 0 Å². The number of hydrogen-bond acceptors (Lipinski definition) is 6. The van der Waals surface area contributed by atoms with Gasteiger partial charge >= 0.3 is 0 Å². The van der Waals surface area contributed by atoms with Gasteiger partial charge in [0.15, 0.2) is 0 Å². The maximum atomic E-state index is 12.4. The van der Waals surface area contributed by atoms with Crippen LogP contribution in [0, 0.1) is 0 Å². The summed E-state index contributed by atoms with van der Waals surface area (Å²) in [6, 6.07) is -0.216. The number of hydrogen-bond donors (Lipinski definition) is 0. The third kappa shape index (κ3) is 2.95. The van der Waals surface area contributed by atoms with E-state index in [1.807, 2.05) is 0 Å². The van der Waals surface area contributed by atoms with Gasteiger partial charge in [-0.05, 0) is 0 Å². The highest BCUT2D eigenvalue weighted by molar-refractivity contribution is 5.93. The molecule has 0 aliphatic carbocycles. The van der Waals surface area contributed by atoms with Crippen LogP contribution >= 0.6 is 0 Å². The van der Waals surface area contributed by atoms with Crippen LogP contribution in [-0.4, -0.2) is 73.5 Å². The van der Waals surface area contributed by atoms with Crippen molar-refractivity contribution in [3.05, 3.63) is 24.3 Å². The van der Waals surface area contributed by atoms with Gasteiger partial charge in [-0.25, -0.2) is 9.97 Å². The van der Waals surface area contributed by atoms with E-state index in [1.165, 1.54) is 18.7 Å². The Kier molecular flexibility index (Phi) is 4.99. The average molecular weight is 281 g/mol. The van der Waals surface area contributed by atoms with Crippen LogP contribution in [0.5, 0.6) is 0 Å². The Hall–Kier alpha value is -1.57. The van der Waals surface area contributed by atoms with Gasteiger partial charge in [-0.2, -0.15) is 0 Å². The Morgan fingerprint density at radius 2 is 2.00 bits per heavy atom. The van der Waals surface area contributed by atoms with Gasteiger partial charge in [0.25, 0.3) is 5.91 Å². The molecule has 0 radical (unpaired) electrons. The summed E-state index contributed by atoms with van der Waals surface area (Å²) >= 11 is 0. The van der Waals surface area contributed by atoms with Crippen molar-refractivity contribution in [1.82, 2.24) is 14.9 Å². The standard InChI is InChI=1S/C13H19N3O4/c1-16(13(17)9-4-14-8-15-5-9)10-6-20-7-11(18-2)12(10)19-3/h4-5,8,10-12H,6-7H2,1-3H3/t10-,11-,12+/m1/s1. The minimum Gasteiger partial charge on any atom is -0.376 e. The number of likely N-dealkylation sites (N-methyl/N-ethyl adjacent to an activating group) is 1.